The van der Waals surface area contributed by atoms with E-state index in [2.05, 4.69) is 10.6 Å². The number of rotatable bonds is 6. The molecular formula is C12H17N3O3. The number of aliphatic carboxylic acids is 1. The van der Waals surface area contributed by atoms with Crippen LogP contribution < -0.4 is 16.4 Å². The SMILES string of the molecule is NCCNC(=O)NC(Cc1ccccc1)C(=O)O. The summed E-state index contributed by atoms with van der Waals surface area (Å²) in [6.45, 7) is 0.618. The highest BCUT2D eigenvalue weighted by Crippen LogP contribution is 2.03. The van der Waals surface area contributed by atoms with Crippen molar-refractivity contribution in [1.82, 2.24) is 10.6 Å². The number of carboxylic acid groups (broad SMARTS) is 1. The molecule has 0 saturated carbocycles. The van der Waals surface area contributed by atoms with Crippen molar-refractivity contribution in [3.05, 3.63) is 35.9 Å². The van der Waals surface area contributed by atoms with E-state index in [9.17, 15) is 9.59 Å². The molecule has 1 rings (SSSR count). The first-order valence-corrected chi connectivity index (χ1v) is 5.64. The molecule has 0 aromatic heterocycles. The van der Waals surface area contributed by atoms with Gasteiger partial charge in [-0.05, 0) is 5.56 Å². The molecule has 6 heteroatoms. The van der Waals surface area contributed by atoms with Gasteiger partial charge in [0, 0.05) is 19.5 Å². The molecule has 98 valence electrons. The molecule has 0 heterocycles. The van der Waals surface area contributed by atoms with Crippen LogP contribution in [-0.2, 0) is 11.2 Å². The maximum Gasteiger partial charge on any atom is 0.326 e. The van der Waals surface area contributed by atoms with Crippen LogP contribution in [0.5, 0.6) is 0 Å². The van der Waals surface area contributed by atoms with Gasteiger partial charge < -0.3 is 21.5 Å². The van der Waals surface area contributed by atoms with Gasteiger partial charge in [0.05, 0.1) is 0 Å². The van der Waals surface area contributed by atoms with Gasteiger partial charge in [-0.1, -0.05) is 30.3 Å². The maximum atomic E-state index is 11.4. The zero-order chi connectivity index (χ0) is 13.4. The summed E-state index contributed by atoms with van der Waals surface area (Å²) in [6, 6.07) is 7.64. The van der Waals surface area contributed by atoms with Gasteiger partial charge in [0.25, 0.3) is 0 Å². The van der Waals surface area contributed by atoms with Gasteiger partial charge in [0.15, 0.2) is 0 Å². The van der Waals surface area contributed by atoms with Crippen molar-refractivity contribution in [2.45, 2.75) is 12.5 Å². The molecule has 0 spiro atoms. The highest BCUT2D eigenvalue weighted by Gasteiger charge is 2.19. The number of urea groups is 1. The fourth-order valence-electron chi connectivity index (χ4n) is 1.44. The quantitative estimate of drug-likeness (QED) is 0.568. The van der Waals surface area contributed by atoms with Crippen molar-refractivity contribution in [2.75, 3.05) is 13.1 Å². The van der Waals surface area contributed by atoms with Gasteiger partial charge >= 0.3 is 12.0 Å². The Labute approximate surface area is 105 Å². The van der Waals surface area contributed by atoms with Crippen LogP contribution in [0.4, 0.5) is 4.79 Å². The minimum atomic E-state index is -1.07. The Morgan fingerprint density at radius 3 is 2.50 bits per heavy atom. The minimum absolute atomic E-state index is 0.242. The number of carbonyl (C=O) groups is 2. The number of carboxylic acids is 1. The maximum absolute atomic E-state index is 11.4. The van der Waals surface area contributed by atoms with E-state index in [1.807, 2.05) is 30.3 Å². The molecule has 6 nitrogen and oxygen atoms in total. The fourth-order valence-corrected chi connectivity index (χ4v) is 1.44. The van der Waals surface area contributed by atoms with E-state index in [0.717, 1.165) is 5.56 Å². The minimum Gasteiger partial charge on any atom is -0.480 e. The van der Waals surface area contributed by atoms with Gasteiger partial charge in [0.1, 0.15) is 6.04 Å². The lowest BCUT2D eigenvalue weighted by Crippen LogP contribution is -2.48. The van der Waals surface area contributed by atoms with Crippen LogP contribution >= 0.6 is 0 Å². The summed E-state index contributed by atoms with van der Waals surface area (Å²) in [4.78, 5) is 22.4. The third-order valence-electron chi connectivity index (χ3n) is 2.32. The standard InChI is InChI=1S/C12H17N3O3/c13-6-7-14-12(18)15-10(11(16)17)8-9-4-2-1-3-5-9/h1-5,10H,6-8,13H2,(H,16,17)(H2,14,15,18). The molecule has 1 aromatic carbocycles. The smallest absolute Gasteiger partial charge is 0.326 e. The lowest BCUT2D eigenvalue weighted by molar-refractivity contribution is -0.139. The summed E-state index contributed by atoms with van der Waals surface area (Å²) in [5.41, 5.74) is 6.08. The third kappa shape index (κ3) is 4.84. The summed E-state index contributed by atoms with van der Waals surface area (Å²) < 4.78 is 0. The number of benzene rings is 1. The first kappa shape index (κ1) is 14.0. The second kappa shape index (κ2) is 7.29. The molecule has 1 aromatic rings. The highest BCUT2D eigenvalue weighted by atomic mass is 16.4. The van der Waals surface area contributed by atoms with Crippen molar-refractivity contribution in [3.8, 4) is 0 Å². The number of nitrogens with one attached hydrogen (secondary N) is 2. The Morgan fingerprint density at radius 2 is 1.94 bits per heavy atom. The summed E-state index contributed by atoms with van der Waals surface area (Å²) in [5.74, 6) is -1.07. The van der Waals surface area contributed by atoms with E-state index in [1.165, 1.54) is 0 Å². The van der Waals surface area contributed by atoms with Crippen LogP contribution in [0.3, 0.4) is 0 Å². The second-order valence-corrected chi connectivity index (χ2v) is 3.77. The van der Waals surface area contributed by atoms with E-state index >= 15 is 0 Å². The number of nitrogens with two attached hydrogens (primary N) is 1. The third-order valence-corrected chi connectivity index (χ3v) is 2.32. The van der Waals surface area contributed by atoms with Crippen molar-refractivity contribution < 1.29 is 14.7 Å². The zero-order valence-corrected chi connectivity index (χ0v) is 9.93. The van der Waals surface area contributed by atoms with Gasteiger partial charge in [0.2, 0.25) is 0 Å². The Balaban J connectivity index is 2.55. The largest absolute Gasteiger partial charge is 0.480 e. The molecule has 18 heavy (non-hydrogen) atoms. The normalized spacial score (nSPS) is 11.6. The van der Waals surface area contributed by atoms with Gasteiger partial charge in [-0.3, -0.25) is 0 Å². The highest BCUT2D eigenvalue weighted by molar-refractivity contribution is 5.82. The number of carbonyl (C=O) groups excluding carboxylic acids is 1. The van der Waals surface area contributed by atoms with Crippen molar-refractivity contribution in [1.29, 1.82) is 0 Å². The molecule has 5 N–H and O–H groups in total. The molecule has 0 aliphatic heterocycles. The Morgan fingerprint density at radius 1 is 1.28 bits per heavy atom. The number of hydrogen-bond donors (Lipinski definition) is 4. The summed E-state index contributed by atoms with van der Waals surface area (Å²) >= 11 is 0. The summed E-state index contributed by atoms with van der Waals surface area (Å²) in [6.07, 6.45) is 0.242. The number of amides is 2. The van der Waals surface area contributed by atoms with E-state index < -0.39 is 18.0 Å². The monoisotopic (exact) mass is 251 g/mol. The molecule has 0 bridgehead atoms. The second-order valence-electron chi connectivity index (χ2n) is 3.77. The molecule has 0 aliphatic carbocycles. The van der Waals surface area contributed by atoms with Gasteiger partial charge in [-0.15, -0.1) is 0 Å². The molecule has 1 unspecified atom stereocenters. The summed E-state index contributed by atoms with van der Waals surface area (Å²) in [5, 5.41) is 13.9. The number of hydrogen-bond acceptors (Lipinski definition) is 3. The Kier molecular flexibility index (Phi) is 5.66. The van der Waals surface area contributed by atoms with Gasteiger partial charge in [-0.25, -0.2) is 9.59 Å². The average molecular weight is 251 g/mol. The molecule has 1 atom stereocenters. The Hall–Kier alpha value is -2.08. The van der Waals surface area contributed by atoms with Crippen molar-refractivity contribution in [3.63, 3.8) is 0 Å². The first-order valence-electron chi connectivity index (χ1n) is 5.64. The molecule has 2 amide bonds. The molecule has 0 radical (unpaired) electrons. The first-order chi connectivity index (χ1) is 8.63. The van der Waals surface area contributed by atoms with Crippen LogP contribution in [0.1, 0.15) is 5.56 Å². The molecule has 0 saturated heterocycles. The van der Waals surface area contributed by atoms with Gasteiger partial charge in [-0.2, -0.15) is 0 Å². The van der Waals surface area contributed by atoms with Crippen LogP contribution in [0.15, 0.2) is 30.3 Å². The van der Waals surface area contributed by atoms with E-state index in [4.69, 9.17) is 10.8 Å². The van der Waals surface area contributed by atoms with Crippen LogP contribution in [-0.4, -0.2) is 36.2 Å². The van der Waals surface area contributed by atoms with E-state index in [-0.39, 0.29) is 6.42 Å². The lowest BCUT2D eigenvalue weighted by Gasteiger charge is -2.15. The van der Waals surface area contributed by atoms with Crippen LogP contribution in [0.25, 0.3) is 0 Å². The van der Waals surface area contributed by atoms with Crippen LogP contribution in [0.2, 0.25) is 0 Å². The topological polar surface area (TPSA) is 104 Å². The zero-order valence-electron chi connectivity index (χ0n) is 9.93. The predicted molar refractivity (Wildman–Crippen MR) is 67.2 cm³/mol. The van der Waals surface area contributed by atoms with Crippen molar-refractivity contribution in [2.24, 2.45) is 5.73 Å². The fraction of sp³-hybridized carbons (Fsp3) is 0.333. The molecule has 0 aliphatic rings. The van der Waals surface area contributed by atoms with Crippen LogP contribution in [0, 0.1) is 0 Å². The molecular weight excluding hydrogens is 234 g/mol. The predicted octanol–water partition coefficient (Wildman–Crippen LogP) is -0.0598. The van der Waals surface area contributed by atoms with E-state index in [0.29, 0.717) is 13.1 Å². The lowest BCUT2D eigenvalue weighted by atomic mass is 10.1. The average Bonchev–Trinajstić information content (AvgIpc) is 2.36. The molecule has 0 fully saturated rings. The Bertz CT molecular complexity index is 395. The summed E-state index contributed by atoms with van der Waals surface area (Å²) in [7, 11) is 0. The van der Waals surface area contributed by atoms with E-state index in [1.54, 1.807) is 0 Å². The van der Waals surface area contributed by atoms with Crippen molar-refractivity contribution >= 4 is 12.0 Å².